The number of carbonyl (C=O) groups excluding carboxylic acids is 3. The number of hydrogen-bond acceptors (Lipinski definition) is 5. The van der Waals surface area contributed by atoms with Gasteiger partial charge >= 0.3 is 0 Å². The summed E-state index contributed by atoms with van der Waals surface area (Å²) in [4.78, 5) is 41.0. The maximum absolute atomic E-state index is 13.1. The number of ether oxygens (including phenoxy) is 2. The standard InChI is InChI=1S/C28H34N2O5/c1-19(21-6-10-25(34-3)11-7-21)28(33)30-17-23-15-29(16-24(23)18-30)27(32)5-4-14-35-26-12-8-22(9-13-26)20(2)31/h6-13,19,23-24H,4-5,14-18H2,1-3H3. The first kappa shape index (κ1) is 24.8. The molecule has 0 saturated carbocycles. The smallest absolute Gasteiger partial charge is 0.229 e. The third-order valence-corrected chi connectivity index (χ3v) is 7.20. The first-order chi connectivity index (χ1) is 16.9. The molecule has 186 valence electrons. The number of nitrogens with zero attached hydrogens (tertiary/aromatic N) is 2. The molecule has 0 radical (unpaired) electrons. The highest BCUT2D eigenvalue weighted by atomic mass is 16.5. The van der Waals surface area contributed by atoms with Crippen molar-refractivity contribution < 1.29 is 23.9 Å². The Bertz CT molecular complexity index is 1040. The zero-order chi connectivity index (χ0) is 24.9. The molecule has 7 heteroatoms. The van der Waals surface area contributed by atoms with Crippen molar-refractivity contribution >= 4 is 17.6 Å². The average Bonchev–Trinajstić information content (AvgIpc) is 3.46. The summed E-state index contributed by atoms with van der Waals surface area (Å²) in [6.07, 6.45) is 1.09. The minimum absolute atomic E-state index is 0.0248. The molecule has 7 nitrogen and oxygen atoms in total. The number of methoxy groups -OCH3 is 1. The maximum Gasteiger partial charge on any atom is 0.229 e. The fourth-order valence-electron chi connectivity index (χ4n) is 5.04. The van der Waals surface area contributed by atoms with Crippen molar-refractivity contribution in [2.75, 3.05) is 39.9 Å². The predicted octanol–water partition coefficient (Wildman–Crippen LogP) is 3.78. The molecule has 0 aliphatic carbocycles. The molecule has 4 rings (SSSR count). The molecular formula is C28H34N2O5. The minimum Gasteiger partial charge on any atom is -0.497 e. The van der Waals surface area contributed by atoms with Crippen LogP contribution >= 0.6 is 0 Å². The maximum atomic E-state index is 13.1. The molecule has 2 amide bonds. The minimum atomic E-state index is -0.198. The van der Waals surface area contributed by atoms with Crippen LogP contribution in [0.5, 0.6) is 11.5 Å². The van der Waals surface area contributed by atoms with Gasteiger partial charge in [-0.15, -0.1) is 0 Å². The van der Waals surface area contributed by atoms with Gasteiger partial charge in [-0.2, -0.15) is 0 Å². The van der Waals surface area contributed by atoms with E-state index in [1.54, 1.807) is 31.4 Å². The molecule has 0 bridgehead atoms. The molecule has 2 aliphatic rings. The lowest BCUT2D eigenvalue weighted by molar-refractivity contribution is -0.132. The van der Waals surface area contributed by atoms with Crippen molar-refractivity contribution in [3.63, 3.8) is 0 Å². The number of ketones is 1. The lowest BCUT2D eigenvalue weighted by atomic mass is 9.99. The zero-order valence-electron chi connectivity index (χ0n) is 20.7. The number of benzene rings is 2. The van der Waals surface area contributed by atoms with Gasteiger partial charge in [-0.1, -0.05) is 12.1 Å². The van der Waals surface area contributed by atoms with Gasteiger partial charge in [0.1, 0.15) is 11.5 Å². The van der Waals surface area contributed by atoms with Gasteiger partial charge in [0.25, 0.3) is 0 Å². The highest BCUT2D eigenvalue weighted by Gasteiger charge is 2.43. The van der Waals surface area contributed by atoms with E-state index >= 15 is 0 Å². The number of amides is 2. The number of likely N-dealkylation sites (tertiary alicyclic amines) is 2. The Balaban J connectivity index is 1.19. The van der Waals surface area contributed by atoms with Crippen LogP contribution < -0.4 is 9.47 Å². The largest absolute Gasteiger partial charge is 0.497 e. The second-order valence-corrected chi connectivity index (χ2v) is 9.59. The summed E-state index contributed by atoms with van der Waals surface area (Å²) < 4.78 is 10.9. The Morgan fingerprint density at radius 2 is 1.46 bits per heavy atom. The van der Waals surface area contributed by atoms with Gasteiger partial charge < -0.3 is 19.3 Å². The van der Waals surface area contributed by atoms with Crippen molar-refractivity contribution in [2.24, 2.45) is 11.8 Å². The summed E-state index contributed by atoms with van der Waals surface area (Å²) in [5.74, 6) is 2.31. The summed E-state index contributed by atoms with van der Waals surface area (Å²) in [6, 6.07) is 14.7. The van der Waals surface area contributed by atoms with Gasteiger partial charge in [-0.3, -0.25) is 14.4 Å². The molecule has 0 N–H and O–H groups in total. The van der Waals surface area contributed by atoms with Gasteiger partial charge in [0.15, 0.2) is 5.78 Å². The van der Waals surface area contributed by atoms with Crippen LogP contribution in [0.2, 0.25) is 0 Å². The molecule has 3 atom stereocenters. The van der Waals surface area contributed by atoms with Gasteiger partial charge in [-0.05, 0) is 62.2 Å². The molecule has 2 aromatic rings. The number of fused-ring (bicyclic) bond motifs is 1. The highest BCUT2D eigenvalue weighted by Crippen LogP contribution is 2.33. The second kappa shape index (κ2) is 10.9. The van der Waals surface area contributed by atoms with Crippen molar-refractivity contribution in [1.29, 1.82) is 0 Å². The summed E-state index contributed by atoms with van der Waals surface area (Å²) in [6.45, 7) is 6.81. The second-order valence-electron chi connectivity index (χ2n) is 9.59. The monoisotopic (exact) mass is 478 g/mol. The van der Waals surface area contributed by atoms with Crippen molar-refractivity contribution in [3.8, 4) is 11.5 Å². The Labute approximate surface area is 207 Å². The van der Waals surface area contributed by atoms with Crippen LogP contribution in [0.4, 0.5) is 0 Å². The molecule has 2 saturated heterocycles. The Kier molecular flexibility index (Phi) is 7.73. The quantitative estimate of drug-likeness (QED) is 0.405. The van der Waals surface area contributed by atoms with E-state index in [0.29, 0.717) is 55.7 Å². The number of Topliss-reactive ketones (excluding diaryl/α,β-unsaturated/α-hetero) is 1. The van der Waals surface area contributed by atoms with E-state index in [9.17, 15) is 14.4 Å². The van der Waals surface area contributed by atoms with Crippen LogP contribution in [0.25, 0.3) is 0 Å². The van der Waals surface area contributed by atoms with Gasteiger partial charge in [0, 0.05) is 50.0 Å². The van der Waals surface area contributed by atoms with Crippen LogP contribution in [0.3, 0.4) is 0 Å². The third-order valence-electron chi connectivity index (χ3n) is 7.20. The first-order valence-corrected chi connectivity index (χ1v) is 12.3. The fourth-order valence-corrected chi connectivity index (χ4v) is 5.04. The fraction of sp³-hybridized carbons (Fsp3) is 0.464. The van der Waals surface area contributed by atoms with Crippen LogP contribution in [-0.2, 0) is 9.59 Å². The van der Waals surface area contributed by atoms with Crippen LogP contribution in [0, 0.1) is 11.8 Å². The van der Waals surface area contributed by atoms with E-state index < -0.39 is 0 Å². The van der Waals surface area contributed by atoms with E-state index in [1.807, 2.05) is 41.0 Å². The van der Waals surface area contributed by atoms with E-state index in [2.05, 4.69) is 0 Å². The molecule has 2 fully saturated rings. The van der Waals surface area contributed by atoms with Gasteiger partial charge in [0.2, 0.25) is 11.8 Å². The summed E-state index contributed by atoms with van der Waals surface area (Å²) in [5.41, 5.74) is 1.64. The lowest BCUT2D eigenvalue weighted by Crippen LogP contribution is -2.37. The normalized spacial score (nSPS) is 19.9. The van der Waals surface area contributed by atoms with Crippen molar-refractivity contribution in [2.45, 2.75) is 32.6 Å². The molecule has 2 heterocycles. The molecule has 35 heavy (non-hydrogen) atoms. The van der Waals surface area contributed by atoms with Crippen LogP contribution in [0.1, 0.15) is 48.5 Å². The van der Waals surface area contributed by atoms with E-state index in [-0.39, 0.29) is 23.5 Å². The summed E-state index contributed by atoms with van der Waals surface area (Å²) in [5, 5.41) is 0. The zero-order valence-corrected chi connectivity index (χ0v) is 20.7. The molecule has 0 aromatic heterocycles. The molecular weight excluding hydrogens is 444 g/mol. The van der Waals surface area contributed by atoms with Crippen molar-refractivity contribution in [3.05, 3.63) is 59.7 Å². The molecule has 2 aromatic carbocycles. The third kappa shape index (κ3) is 5.84. The summed E-state index contributed by atoms with van der Waals surface area (Å²) in [7, 11) is 1.63. The SMILES string of the molecule is COc1ccc(C(C)C(=O)N2CC3CN(C(=O)CCCOc4ccc(C(C)=O)cc4)CC3C2)cc1. The van der Waals surface area contributed by atoms with Crippen LogP contribution in [-0.4, -0.2) is 67.3 Å². The van der Waals surface area contributed by atoms with Gasteiger partial charge in [-0.25, -0.2) is 0 Å². The van der Waals surface area contributed by atoms with E-state index in [0.717, 1.165) is 24.4 Å². The Morgan fingerprint density at radius 3 is 2.03 bits per heavy atom. The van der Waals surface area contributed by atoms with Crippen LogP contribution in [0.15, 0.2) is 48.5 Å². The lowest BCUT2D eigenvalue weighted by Gasteiger charge is -2.24. The molecule has 2 aliphatic heterocycles. The Morgan fingerprint density at radius 1 is 0.886 bits per heavy atom. The average molecular weight is 479 g/mol. The number of hydrogen-bond donors (Lipinski definition) is 0. The highest BCUT2D eigenvalue weighted by molar-refractivity contribution is 5.94. The first-order valence-electron chi connectivity index (χ1n) is 12.3. The topological polar surface area (TPSA) is 76.2 Å². The number of carbonyl (C=O) groups is 3. The predicted molar refractivity (Wildman–Crippen MR) is 133 cm³/mol. The summed E-state index contributed by atoms with van der Waals surface area (Å²) >= 11 is 0. The van der Waals surface area contributed by atoms with Gasteiger partial charge in [0.05, 0.1) is 19.6 Å². The Hall–Kier alpha value is -3.35. The number of rotatable bonds is 9. The van der Waals surface area contributed by atoms with E-state index in [1.165, 1.54) is 6.92 Å². The molecule has 0 spiro atoms. The molecule has 3 unspecified atom stereocenters. The van der Waals surface area contributed by atoms with Crippen molar-refractivity contribution in [1.82, 2.24) is 9.80 Å². The van der Waals surface area contributed by atoms with E-state index in [4.69, 9.17) is 9.47 Å².